The molecule has 0 saturated carbocycles. The highest BCUT2D eigenvalue weighted by atomic mass is 35.5. The molecule has 26 heavy (non-hydrogen) atoms. The Kier molecular flexibility index (Phi) is 10.6. The van der Waals surface area contributed by atoms with Crippen molar-refractivity contribution in [2.45, 2.75) is 0 Å². The molecule has 0 fully saturated rings. The van der Waals surface area contributed by atoms with E-state index in [1.165, 1.54) is 0 Å². The maximum absolute atomic E-state index is 11.4. The van der Waals surface area contributed by atoms with E-state index in [4.69, 9.17) is 57.1 Å². The lowest BCUT2D eigenvalue weighted by molar-refractivity contribution is 0.157. The second-order valence-electron chi connectivity index (χ2n) is 4.35. The summed E-state index contributed by atoms with van der Waals surface area (Å²) in [6.45, 7) is 0.127. The summed E-state index contributed by atoms with van der Waals surface area (Å²) in [5.41, 5.74) is 1.02. The molecular weight excluding hydrogens is 423 g/mol. The monoisotopic (exact) mass is 438 g/mol. The number of hydrogen-bond acceptors (Lipinski definition) is 6. The number of rotatable bonds is 6. The zero-order chi connectivity index (χ0) is 19.4. The van der Waals surface area contributed by atoms with E-state index in [1.807, 2.05) is 0 Å². The first-order valence-electron chi connectivity index (χ1n) is 7.16. The molecule has 0 aliphatic rings. The van der Waals surface area contributed by atoms with Gasteiger partial charge >= 0.3 is 12.2 Å². The largest absolute Gasteiger partial charge is 0.448 e. The molecule has 0 heterocycles. The van der Waals surface area contributed by atoms with Gasteiger partial charge in [-0.1, -0.05) is 12.1 Å². The van der Waals surface area contributed by atoms with Crippen LogP contribution in [0.3, 0.4) is 0 Å². The lowest BCUT2D eigenvalue weighted by Crippen LogP contribution is -2.36. The summed E-state index contributed by atoms with van der Waals surface area (Å²) >= 11 is 20.9. The number of amides is 2. The van der Waals surface area contributed by atoms with Crippen LogP contribution >= 0.6 is 47.6 Å². The number of halogens is 2. The van der Waals surface area contributed by atoms with Crippen LogP contribution in [0.2, 0.25) is 0 Å². The maximum Gasteiger partial charge on any atom is 0.413 e. The zero-order valence-electron chi connectivity index (χ0n) is 13.3. The second kappa shape index (κ2) is 12.5. The number of ether oxygens (including phenoxy) is 2. The number of alkyl carbamates (subject to hydrolysis) is 2. The quantitative estimate of drug-likeness (QED) is 0.397. The lowest BCUT2D eigenvalue weighted by Gasteiger charge is -2.15. The maximum atomic E-state index is 11.4. The number of hydrogen-bond donors (Lipinski definition) is 4. The topological polar surface area (TPSA) is 101 Å². The van der Waals surface area contributed by atoms with Gasteiger partial charge in [0.25, 0.3) is 0 Å². The smallest absolute Gasteiger partial charge is 0.413 e. The minimum atomic E-state index is -0.729. The third-order valence-corrected chi connectivity index (χ3v) is 3.19. The number of nitrogens with one attached hydrogen (secondary N) is 4. The summed E-state index contributed by atoms with van der Waals surface area (Å²) < 4.78 is 9.51. The van der Waals surface area contributed by atoms with E-state index < -0.39 is 12.2 Å². The van der Waals surface area contributed by atoms with Gasteiger partial charge in [-0.3, -0.25) is 10.6 Å². The zero-order valence-corrected chi connectivity index (χ0v) is 16.5. The predicted molar refractivity (Wildman–Crippen MR) is 109 cm³/mol. The van der Waals surface area contributed by atoms with Crippen molar-refractivity contribution in [2.24, 2.45) is 0 Å². The van der Waals surface area contributed by atoms with Gasteiger partial charge in [0, 0.05) is 0 Å². The molecule has 2 amide bonds. The van der Waals surface area contributed by atoms with Crippen LogP contribution in [0.1, 0.15) is 0 Å². The van der Waals surface area contributed by atoms with Crippen LogP contribution in [0, 0.1) is 0 Å². The van der Waals surface area contributed by atoms with Gasteiger partial charge in [-0.15, -0.1) is 23.2 Å². The normalized spacial score (nSPS) is 9.62. The Labute approximate surface area is 170 Å². The van der Waals surface area contributed by atoms with Crippen molar-refractivity contribution in [3.05, 3.63) is 24.3 Å². The van der Waals surface area contributed by atoms with E-state index in [-0.39, 0.29) is 35.2 Å². The van der Waals surface area contributed by atoms with E-state index in [1.54, 1.807) is 24.3 Å². The molecule has 142 valence electrons. The van der Waals surface area contributed by atoms with Crippen LogP contribution in [0.15, 0.2) is 24.3 Å². The molecule has 1 aromatic carbocycles. The summed E-state index contributed by atoms with van der Waals surface area (Å²) in [7, 11) is 0. The van der Waals surface area contributed by atoms with Crippen LogP contribution in [0.5, 0.6) is 0 Å². The molecule has 0 spiro atoms. The average Bonchev–Trinajstić information content (AvgIpc) is 2.59. The van der Waals surface area contributed by atoms with Gasteiger partial charge < -0.3 is 20.1 Å². The minimum Gasteiger partial charge on any atom is -0.448 e. The Bertz CT molecular complexity index is 609. The lowest BCUT2D eigenvalue weighted by atomic mass is 10.2. The molecule has 0 bridgehead atoms. The number of para-hydroxylation sites is 2. The summed E-state index contributed by atoms with van der Waals surface area (Å²) in [4.78, 5) is 22.9. The SMILES string of the molecule is O=C(NC(=S)Nc1ccccc1NC(=S)NC(=O)OCCCl)OCCCl. The van der Waals surface area contributed by atoms with Crippen molar-refractivity contribution >= 4 is 81.4 Å². The van der Waals surface area contributed by atoms with Gasteiger partial charge in [-0.2, -0.15) is 0 Å². The predicted octanol–water partition coefficient (Wildman–Crippen LogP) is 3.01. The first-order valence-corrected chi connectivity index (χ1v) is 9.05. The average molecular weight is 439 g/mol. The number of alkyl halides is 2. The van der Waals surface area contributed by atoms with Gasteiger partial charge in [0.15, 0.2) is 10.2 Å². The van der Waals surface area contributed by atoms with Gasteiger partial charge in [-0.25, -0.2) is 9.59 Å². The molecule has 0 aliphatic heterocycles. The summed E-state index contributed by atoms with van der Waals surface area (Å²) in [6, 6.07) is 6.87. The molecular formula is C14H16Cl2N4O4S2. The highest BCUT2D eigenvalue weighted by Crippen LogP contribution is 2.20. The highest BCUT2D eigenvalue weighted by molar-refractivity contribution is 7.80. The molecule has 0 aliphatic carbocycles. The van der Waals surface area contributed by atoms with Crippen molar-refractivity contribution in [3.63, 3.8) is 0 Å². The Balaban J connectivity index is 2.61. The Hall–Kier alpha value is -1.88. The van der Waals surface area contributed by atoms with Gasteiger partial charge in [0.05, 0.1) is 23.1 Å². The van der Waals surface area contributed by atoms with Gasteiger partial charge in [-0.05, 0) is 36.6 Å². The van der Waals surface area contributed by atoms with Crippen LogP contribution in [0.4, 0.5) is 21.0 Å². The Morgan fingerprint density at radius 2 is 1.23 bits per heavy atom. The van der Waals surface area contributed by atoms with Gasteiger partial charge in [0.1, 0.15) is 13.2 Å². The second-order valence-corrected chi connectivity index (χ2v) is 5.93. The van der Waals surface area contributed by atoms with E-state index in [0.29, 0.717) is 11.4 Å². The van der Waals surface area contributed by atoms with Crippen molar-refractivity contribution in [1.82, 2.24) is 10.6 Å². The number of carbonyl (C=O) groups excluding carboxylic acids is 2. The molecule has 12 heteroatoms. The van der Waals surface area contributed by atoms with Gasteiger partial charge in [0.2, 0.25) is 0 Å². The van der Waals surface area contributed by atoms with E-state index in [9.17, 15) is 9.59 Å². The highest BCUT2D eigenvalue weighted by Gasteiger charge is 2.10. The summed E-state index contributed by atoms with van der Waals surface area (Å²) in [6.07, 6.45) is -1.46. The Morgan fingerprint density at radius 1 is 0.846 bits per heavy atom. The van der Waals surface area contributed by atoms with E-state index in [0.717, 1.165) is 0 Å². The molecule has 8 nitrogen and oxygen atoms in total. The van der Waals surface area contributed by atoms with Crippen LogP contribution in [0.25, 0.3) is 0 Å². The molecule has 1 rings (SSSR count). The molecule has 0 saturated heterocycles. The Morgan fingerprint density at radius 3 is 1.58 bits per heavy atom. The van der Waals surface area contributed by atoms with Crippen molar-refractivity contribution in [3.8, 4) is 0 Å². The van der Waals surface area contributed by atoms with E-state index >= 15 is 0 Å². The van der Waals surface area contributed by atoms with E-state index in [2.05, 4.69) is 21.3 Å². The number of anilines is 2. The fourth-order valence-electron chi connectivity index (χ4n) is 1.53. The molecule has 0 unspecified atom stereocenters. The first kappa shape index (κ1) is 22.2. The van der Waals surface area contributed by atoms with Crippen LogP contribution < -0.4 is 21.3 Å². The van der Waals surface area contributed by atoms with Crippen molar-refractivity contribution in [1.29, 1.82) is 0 Å². The minimum absolute atomic E-state index is 0.0132. The molecule has 0 radical (unpaired) electrons. The van der Waals surface area contributed by atoms with Crippen LogP contribution in [-0.2, 0) is 9.47 Å². The summed E-state index contributed by atoms with van der Waals surface area (Å²) in [5, 5.41) is 10.3. The third kappa shape index (κ3) is 8.99. The summed E-state index contributed by atoms with van der Waals surface area (Å²) in [5.74, 6) is 0.357. The number of carbonyl (C=O) groups is 2. The molecule has 4 N–H and O–H groups in total. The van der Waals surface area contributed by atoms with Crippen molar-refractivity contribution in [2.75, 3.05) is 35.6 Å². The fourth-order valence-corrected chi connectivity index (χ4v) is 2.07. The standard InChI is InChI=1S/C14H16Cl2N4O4S2/c15-5-7-23-13(21)19-11(25)17-9-3-1-2-4-10(9)18-12(26)20-14(22)24-8-6-16/h1-4H,5-8H2,(H2,17,19,21,25)(H2,18,20,22,26). The number of benzene rings is 1. The molecule has 1 aromatic rings. The molecule has 0 aromatic heterocycles. The molecule has 0 atom stereocenters. The number of thiocarbonyl (C=S) groups is 2. The van der Waals surface area contributed by atoms with Crippen LogP contribution in [-0.4, -0.2) is 47.4 Å². The fraction of sp³-hybridized carbons (Fsp3) is 0.286. The third-order valence-electron chi connectivity index (χ3n) is 2.48. The van der Waals surface area contributed by atoms with Crippen molar-refractivity contribution < 1.29 is 19.1 Å². The first-order chi connectivity index (χ1) is 12.5.